The average Bonchev–Trinajstić information content (AvgIpc) is 2.75. The summed E-state index contributed by atoms with van der Waals surface area (Å²) in [6.07, 6.45) is 2.09. The molecule has 1 amide bonds. The minimum absolute atomic E-state index is 0.0977. The lowest BCUT2D eigenvalue weighted by Crippen LogP contribution is -2.40. The van der Waals surface area contributed by atoms with Crippen molar-refractivity contribution in [2.75, 3.05) is 0 Å². The molecule has 0 bridgehead atoms. The Morgan fingerprint density at radius 1 is 1.03 bits per heavy atom. The first-order chi connectivity index (χ1) is 14.3. The summed E-state index contributed by atoms with van der Waals surface area (Å²) in [4.78, 5) is 17.1. The molecule has 3 rings (SSSR count). The number of nitrogens with zero attached hydrogens (tertiary/aromatic N) is 1. The number of sulfone groups is 1. The molecule has 7 heteroatoms. The van der Waals surface area contributed by atoms with Gasteiger partial charge in [-0.05, 0) is 62.2 Å². The number of carbonyl (C=O) groups excluding carboxylic acids is 1. The molecule has 3 aromatic rings. The Morgan fingerprint density at radius 3 is 2.30 bits per heavy atom. The molecule has 30 heavy (non-hydrogen) atoms. The van der Waals surface area contributed by atoms with Crippen molar-refractivity contribution in [2.24, 2.45) is 0 Å². The number of aryl methyl sites for hydroxylation is 1. The first kappa shape index (κ1) is 21.6. The Hall–Kier alpha value is -3.06. The van der Waals surface area contributed by atoms with E-state index in [1.54, 1.807) is 18.3 Å². The van der Waals surface area contributed by atoms with Crippen molar-refractivity contribution in [3.8, 4) is 0 Å². The maximum Gasteiger partial charge on any atom is 0.238 e. The monoisotopic (exact) mass is 426 g/mol. The molecule has 0 saturated heterocycles. The van der Waals surface area contributed by atoms with Gasteiger partial charge in [0.25, 0.3) is 0 Å². The lowest BCUT2D eigenvalue weighted by Gasteiger charge is -2.21. The van der Waals surface area contributed by atoms with Crippen LogP contribution < -0.4 is 5.32 Å². The zero-order chi connectivity index (χ0) is 21.7. The molecular formula is C23H23FN2O3S. The van der Waals surface area contributed by atoms with Crippen LogP contribution in [0.3, 0.4) is 0 Å². The van der Waals surface area contributed by atoms with Gasteiger partial charge in [-0.1, -0.05) is 35.9 Å². The summed E-state index contributed by atoms with van der Waals surface area (Å²) in [5.74, 6) is -1.18. The minimum Gasteiger partial charge on any atom is -0.346 e. The second kappa shape index (κ2) is 9.17. The molecule has 1 N–H and O–H groups in total. The highest BCUT2D eigenvalue weighted by Gasteiger charge is 2.31. The van der Waals surface area contributed by atoms with E-state index in [1.165, 1.54) is 6.92 Å². The van der Waals surface area contributed by atoms with Crippen LogP contribution in [0.4, 0.5) is 4.39 Å². The molecule has 0 spiro atoms. The molecule has 0 fully saturated rings. The Balaban J connectivity index is 1.83. The summed E-state index contributed by atoms with van der Waals surface area (Å²) in [5.41, 5.74) is 2.75. The quantitative estimate of drug-likeness (QED) is 0.583. The topological polar surface area (TPSA) is 76.1 Å². The standard InChI is InChI=1S/C23H23FN2O3S/c1-16-6-8-18(9-7-16)15-22(21-5-3-4-14-25-21)26-23(27)17(2)30(28,29)20-12-10-19(24)11-13-20/h3-14,17,22H,15H2,1-2H3,(H,26,27). The van der Waals surface area contributed by atoms with Crippen LogP contribution in [-0.4, -0.2) is 24.6 Å². The summed E-state index contributed by atoms with van der Waals surface area (Å²) >= 11 is 0. The lowest BCUT2D eigenvalue weighted by atomic mass is 10.0. The predicted octanol–water partition coefficient (Wildman–Crippen LogP) is 3.79. The highest BCUT2D eigenvalue weighted by atomic mass is 32.2. The fourth-order valence-electron chi connectivity index (χ4n) is 3.03. The highest BCUT2D eigenvalue weighted by molar-refractivity contribution is 7.92. The normalized spacial score (nSPS) is 13.4. The first-order valence-corrected chi connectivity index (χ1v) is 11.1. The second-order valence-corrected chi connectivity index (χ2v) is 9.42. The SMILES string of the molecule is Cc1ccc(CC(NC(=O)C(C)S(=O)(=O)c2ccc(F)cc2)c2ccccn2)cc1. The second-order valence-electron chi connectivity index (χ2n) is 7.15. The van der Waals surface area contributed by atoms with Crippen molar-refractivity contribution in [2.45, 2.75) is 36.5 Å². The molecule has 0 aliphatic heterocycles. The average molecular weight is 427 g/mol. The van der Waals surface area contributed by atoms with Crippen molar-refractivity contribution in [3.05, 3.63) is 95.6 Å². The van der Waals surface area contributed by atoms with Gasteiger partial charge >= 0.3 is 0 Å². The Kier molecular flexibility index (Phi) is 6.62. The Bertz CT molecular complexity index is 1100. The molecule has 156 valence electrons. The molecule has 2 atom stereocenters. The Morgan fingerprint density at radius 2 is 1.70 bits per heavy atom. The number of nitrogens with one attached hydrogen (secondary N) is 1. The van der Waals surface area contributed by atoms with Gasteiger partial charge in [0.1, 0.15) is 11.1 Å². The predicted molar refractivity (Wildman–Crippen MR) is 113 cm³/mol. The van der Waals surface area contributed by atoms with E-state index in [4.69, 9.17) is 0 Å². The minimum atomic E-state index is -3.96. The summed E-state index contributed by atoms with van der Waals surface area (Å²) < 4.78 is 38.7. The van der Waals surface area contributed by atoms with Crippen LogP contribution in [0.2, 0.25) is 0 Å². The summed E-state index contributed by atoms with van der Waals surface area (Å²) in [7, 11) is -3.96. The molecular weight excluding hydrogens is 403 g/mol. The van der Waals surface area contributed by atoms with Gasteiger partial charge in [-0.3, -0.25) is 9.78 Å². The van der Waals surface area contributed by atoms with Gasteiger partial charge in [-0.25, -0.2) is 12.8 Å². The summed E-state index contributed by atoms with van der Waals surface area (Å²) in [5, 5.41) is 1.49. The van der Waals surface area contributed by atoms with Crippen molar-refractivity contribution < 1.29 is 17.6 Å². The van der Waals surface area contributed by atoms with E-state index < -0.39 is 32.9 Å². The number of carbonyl (C=O) groups is 1. The van der Waals surface area contributed by atoms with Crippen LogP contribution in [0.5, 0.6) is 0 Å². The maximum absolute atomic E-state index is 13.1. The molecule has 1 aromatic heterocycles. The molecule has 5 nitrogen and oxygen atoms in total. The van der Waals surface area contributed by atoms with Crippen LogP contribution in [0.15, 0.2) is 77.8 Å². The number of pyridine rings is 1. The number of aromatic nitrogens is 1. The van der Waals surface area contributed by atoms with Gasteiger partial charge in [-0.2, -0.15) is 0 Å². The zero-order valence-electron chi connectivity index (χ0n) is 16.7. The van der Waals surface area contributed by atoms with E-state index in [0.717, 1.165) is 35.4 Å². The molecule has 0 radical (unpaired) electrons. The molecule has 0 saturated carbocycles. The molecule has 1 heterocycles. The van der Waals surface area contributed by atoms with E-state index in [2.05, 4.69) is 10.3 Å². The molecule has 0 aliphatic carbocycles. The number of hydrogen-bond donors (Lipinski definition) is 1. The summed E-state index contributed by atoms with van der Waals surface area (Å²) in [6.45, 7) is 3.32. The first-order valence-electron chi connectivity index (χ1n) is 9.53. The zero-order valence-corrected chi connectivity index (χ0v) is 17.6. The van der Waals surface area contributed by atoms with Gasteiger partial charge in [0.05, 0.1) is 16.6 Å². The van der Waals surface area contributed by atoms with Crippen LogP contribution in [0.25, 0.3) is 0 Å². The van der Waals surface area contributed by atoms with Gasteiger partial charge in [0.2, 0.25) is 5.91 Å². The van der Waals surface area contributed by atoms with Crippen LogP contribution >= 0.6 is 0 Å². The number of rotatable bonds is 7. The number of amides is 1. The van der Waals surface area contributed by atoms with Gasteiger partial charge in [0, 0.05) is 6.20 Å². The Labute approximate surface area is 175 Å². The van der Waals surface area contributed by atoms with Crippen molar-refractivity contribution >= 4 is 15.7 Å². The number of benzene rings is 2. The fraction of sp³-hybridized carbons (Fsp3) is 0.217. The maximum atomic E-state index is 13.1. The van der Waals surface area contributed by atoms with Crippen molar-refractivity contribution in [3.63, 3.8) is 0 Å². The van der Waals surface area contributed by atoms with E-state index in [-0.39, 0.29) is 4.90 Å². The van der Waals surface area contributed by atoms with E-state index in [0.29, 0.717) is 12.1 Å². The lowest BCUT2D eigenvalue weighted by molar-refractivity contribution is -0.121. The van der Waals surface area contributed by atoms with Gasteiger partial charge in [0.15, 0.2) is 9.84 Å². The van der Waals surface area contributed by atoms with Crippen molar-refractivity contribution in [1.29, 1.82) is 0 Å². The van der Waals surface area contributed by atoms with E-state index in [9.17, 15) is 17.6 Å². The summed E-state index contributed by atoms with van der Waals surface area (Å²) in [6, 6.07) is 17.2. The molecule has 0 aliphatic rings. The number of hydrogen-bond acceptors (Lipinski definition) is 4. The third-order valence-corrected chi connectivity index (χ3v) is 6.97. The van der Waals surface area contributed by atoms with E-state index >= 15 is 0 Å². The third kappa shape index (κ3) is 5.10. The van der Waals surface area contributed by atoms with Crippen LogP contribution in [0, 0.1) is 12.7 Å². The van der Waals surface area contributed by atoms with Crippen LogP contribution in [-0.2, 0) is 21.1 Å². The third-order valence-electron chi connectivity index (χ3n) is 4.90. The number of halogens is 1. The van der Waals surface area contributed by atoms with Crippen molar-refractivity contribution in [1.82, 2.24) is 10.3 Å². The van der Waals surface area contributed by atoms with Gasteiger partial charge < -0.3 is 5.32 Å². The van der Waals surface area contributed by atoms with E-state index in [1.807, 2.05) is 37.3 Å². The molecule has 2 unspecified atom stereocenters. The largest absolute Gasteiger partial charge is 0.346 e. The van der Waals surface area contributed by atoms with Gasteiger partial charge in [-0.15, -0.1) is 0 Å². The van der Waals surface area contributed by atoms with Crippen LogP contribution in [0.1, 0.15) is 29.8 Å². The smallest absolute Gasteiger partial charge is 0.238 e. The molecule has 2 aromatic carbocycles. The fourth-order valence-corrected chi connectivity index (χ4v) is 4.30. The highest BCUT2D eigenvalue weighted by Crippen LogP contribution is 2.20.